The second kappa shape index (κ2) is 6.32. The second-order valence-corrected chi connectivity index (χ2v) is 9.42. The summed E-state index contributed by atoms with van der Waals surface area (Å²) in [6.45, 7) is 4.71. The van der Waals surface area contributed by atoms with E-state index < -0.39 is 5.79 Å². The molecule has 4 saturated carbocycles. The molecule has 0 aromatic heterocycles. The molecule has 2 aliphatic heterocycles. The molecular formula is C19H32ClNO4. The molecule has 4 atom stereocenters. The topological polar surface area (TPSA) is 49.0 Å². The first-order valence-corrected chi connectivity index (χ1v) is 9.74. The number of halogens is 1. The quantitative estimate of drug-likeness (QED) is 0.821. The molecule has 5 nitrogen and oxygen atoms in total. The van der Waals surface area contributed by atoms with Crippen molar-refractivity contribution in [3.8, 4) is 0 Å². The Bertz CT molecular complexity index is 478. The Morgan fingerprint density at radius 3 is 2.16 bits per heavy atom. The molecule has 1 N–H and O–H groups in total. The zero-order chi connectivity index (χ0) is 16.5. The van der Waals surface area contributed by atoms with Crippen LogP contribution in [0.25, 0.3) is 0 Å². The minimum atomic E-state index is -0.579. The molecule has 0 radical (unpaired) electrons. The highest BCUT2D eigenvalue weighted by Gasteiger charge is 2.56. The first kappa shape index (κ1) is 18.5. The molecule has 144 valence electrons. The van der Waals surface area contributed by atoms with E-state index in [9.17, 15) is 0 Å². The van der Waals surface area contributed by atoms with E-state index in [2.05, 4.69) is 5.32 Å². The summed E-state index contributed by atoms with van der Waals surface area (Å²) >= 11 is 0. The second-order valence-electron chi connectivity index (χ2n) is 9.42. The van der Waals surface area contributed by atoms with Crippen molar-refractivity contribution in [2.24, 2.45) is 17.8 Å². The minimum Gasteiger partial charge on any atom is -0.376 e. The summed E-state index contributed by atoms with van der Waals surface area (Å²) in [6.07, 6.45) is 8.03. The largest absolute Gasteiger partial charge is 0.376 e. The summed E-state index contributed by atoms with van der Waals surface area (Å²) < 4.78 is 23.8. The van der Waals surface area contributed by atoms with Crippen molar-refractivity contribution in [3.63, 3.8) is 0 Å². The number of methoxy groups -OCH3 is 1. The maximum absolute atomic E-state index is 6.15. The van der Waals surface area contributed by atoms with E-state index in [1.165, 1.54) is 38.5 Å². The van der Waals surface area contributed by atoms with Gasteiger partial charge < -0.3 is 24.3 Å². The highest BCUT2D eigenvalue weighted by Crippen LogP contribution is 2.55. The lowest BCUT2D eigenvalue weighted by Crippen LogP contribution is -2.60. The van der Waals surface area contributed by atoms with Gasteiger partial charge in [-0.25, -0.2) is 0 Å². The van der Waals surface area contributed by atoms with Crippen LogP contribution >= 0.6 is 12.4 Å². The van der Waals surface area contributed by atoms with Crippen molar-refractivity contribution < 1.29 is 18.9 Å². The zero-order valence-corrected chi connectivity index (χ0v) is 16.3. The number of hydrogen-bond acceptors (Lipinski definition) is 5. The van der Waals surface area contributed by atoms with Gasteiger partial charge in [-0.2, -0.15) is 0 Å². The van der Waals surface area contributed by atoms with Crippen molar-refractivity contribution in [1.82, 2.24) is 5.32 Å². The molecule has 0 aromatic carbocycles. The molecule has 0 aromatic rings. The average Bonchev–Trinajstić information content (AvgIpc) is 2.94. The molecule has 6 rings (SSSR count). The SMILES string of the molecule is COC1C(CNC23CC4CC(CC(C4)C2)C3)OC2OC(C)(C)OC21.Cl. The van der Waals surface area contributed by atoms with Gasteiger partial charge in [-0.05, 0) is 70.1 Å². The molecule has 4 bridgehead atoms. The number of ether oxygens (including phenoxy) is 4. The van der Waals surface area contributed by atoms with E-state index in [0.29, 0.717) is 5.54 Å². The third-order valence-corrected chi connectivity index (χ3v) is 7.08. The van der Waals surface area contributed by atoms with Crippen LogP contribution in [0.5, 0.6) is 0 Å². The Morgan fingerprint density at radius 1 is 1.00 bits per heavy atom. The van der Waals surface area contributed by atoms with E-state index >= 15 is 0 Å². The van der Waals surface area contributed by atoms with Gasteiger partial charge in [0.1, 0.15) is 18.3 Å². The van der Waals surface area contributed by atoms with Gasteiger partial charge in [0.2, 0.25) is 0 Å². The molecule has 6 fully saturated rings. The summed E-state index contributed by atoms with van der Waals surface area (Å²) in [7, 11) is 1.75. The van der Waals surface area contributed by atoms with E-state index in [0.717, 1.165) is 24.3 Å². The molecule has 0 spiro atoms. The van der Waals surface area contributed by atoms with Crippen molar-refractivity contribution in [2.75, 3.05) is 13.7 Å². The lowest BCUT2D eigenvalue weighted by Gasteiger charge is -2.57. The van der Waals surface area contributed by atoms with E-state index in [1.54, 1.807) is 7.11 Å². The molecule has 25 heavy (non-hydrogen) atoms. The minimum absolute atomic E-state index is 0. The maximum atomic E-state index is 6.15. The van der Waals surface area contributed by atoms with Gasteiger partial charge in [-0.1, -0.05) is 0 Å². The molecule has 0 amide bonds. The normalized spacial score (nSPS) is 52.2. The number of fused-ring (bicyclic) bond motifs is 1. The highest BCUT2D eigenvalue weighted by atomic mass is 35.5. The predicted molar refractivity (Wildman–Crippen MR) is 95.6 cm³/mol. The van der Waals surface area contributed by atoms with Crippen molar-refractivity contribution in [1.29, 1.82) is 0 Å². The van der Waals surface area contributed by atoms with Crippen molar-refractivity contribution in [2.45, 2.75) is 88.3 Å². The van der Waals surface area contributed by atoms with Crippen molar-refractivity contribution in [3.05, 3.63) is 0 Å². The molecule has 4 unspecified atom stereocenters. The summed E-state index contributed by atoms with van der Waals surface area (Å²) in [5.41, 5.74) is 0.356. The summed E-state index contributed by atoms with van der Waals surface area (Å²) in [6, 6.07) is 0. The lowest BCUT2D eigenvalue weighted by atomic mass is 9.53. The first-order valence-electron chi connectivity index (χ1n) is 9.74. The van der Waals surface area contributed by atoms with Gasteiger partial charge >= 0.3 is 0 Å². The number of hydrogen-bond donors (Lipinski definition) is 1. The summed E-state index contributed by atoms with van der Waals surface area (Å²) in [5, 5.41) is 3.93. The number of nitrogens with one attached hydrogen (secondary N) is 1. The van der Waals surface area contributed by atoms with Crippen LogP contribution in [0.1, 0.15) is 52.4 Å². The molecule has 2 saturated heterocycles. The fraction of sp³-hybridized carbons (Fsp3) is 1.00. The molecule has 6 aliphatic rings. The van der Waals surface area contributed by atoms with Crippen LogP contribution in [0, 0.1) is 17.8 Å². The average molecular weight is 374 g/mol. The Balaban J connectivity index is 0.00000157. The Hall–Kier alpha value is 0.0900. The van der Waals surface area contributed by atoms with E-state index in [4.69, 9.17) is 18.9 Å². The molecule has 4 aliphatic carbocycles. The standard InChI is InChI=1S/C19H31NO4.ClH/c1-18(2)23-16-15(21-3)14(22-17(16)24-18)10-20-19-7-11-4-12(8-19)6-13(5-11)9-19;/h11-17,20H,4-10H2,1-3H3;1H. The number of rotatable bonds is 4. The molecule has 2 heterocycles. The van der Waals surface area contributed by atoms with Gasteiger partial charge in [-0.15, -0.1) is 12.4 Å². The van der Waals surface area contributed by atoms with E-state index in [-0.39, 0.29) is 37.0 Å². The van der Waals surface area contributed by atoms with Crippen LogP contribution < -0.4 is 5.32 Å². The Morgan fingerprint density at radius 2 is 1.60 bits per heavy atom. The smallest absolute Gasteiger partial charge is 0.190 e. The third kappa shape index (κ3) is 3.15. The monoisotopic (exact) mass is 373 g/mol. The third-order valence-electron chi connectivity index (χ3n) is 7.08. The summed E-state index contributed by atoms with van der Waals surface area (Å²) in [4.78, 5) is 0. The van der Waals surface area contributed by atoms with Crippen LogP contribution in [0.15, 0.2) is 0 Å². The fourth-order valence-electron chi connectivity index (χ4n) is 6.64. The van der Waals surface area contributed by atoms with Gasteiger partial charge in [-0.3, -0.25) is 0 Å². The van der Waals surface area contributed by atoms with Crippen LogP contribution in [0.2, 0.25) is 0 Å². The molecular weight excluding hydrogens is 342 g/mol. The zero-order valence-electron chi connectivity index (χ0n) is 15.5. The lowest BCUT2D eigenvalue weighted by molar-refractivity contribution is -0.216. The maximum Gasteiger partial charge on any atom is 0.190 e. The Labute approximate surface area is 156 Å². The predicted octanol–water partition coefficient (Wildman–Crippen LogP) is 2.86. The highest BCUT2D eigenvalue weighted by molar-refractivity contribution is 5.85. The van der Waals surface area contributed by atoms with E-state index in [1.807, 2.05) is 13.8 Å². The van der Waals surface area contributed by atoms with Crippen LogP contribution in [0.4, 0.5) is 0 Å². The molecule has 6 heteroatoms. The van der Waals surface area contributed by atoms with Gasteiger partial charge in [0.15, 0.2) is 12.1 Å². The summed E-state index contributed by atoms with van der Waals surface area (Å²) in [5.74, 6) is 2.29. The Kier molecular flexibility index (Phi) is 4.66. The van der Waals surface area contributed by atoms with Crippen LogP contribution in [-0.2, 0) is 18.9 Å². The first-order chi connectivity index (χ1) is 11.5. The van der Waals surface area contributed by atoms with Gasteiger partial charge in [0, 0.05) is 19.2 Å². The van der Waals surface area contributed by atoms with Gasteiger partial charge in [0.25, 0.3) is 0 Å². The van der Waals surface area contributed by atoms with Crippen LogP contribution in [0.3, 0.4) is 0 Å². The van der Waals surface area contributed by atoms with Crippen LogP contribution in [-0.4, -0.2) is 49.6 Å². The van der Waals surface area contributed by atoms with Gasteiger partial charge in [0.05, 0.1) is 0 Å². The fourth-order valence-corrected chi connectivity index (χ4v) is 6.64. The van der Waals surface area contributed by atoms with Crippen molar-refractivity contribution >= 4 is 12.4 Å².